The molecule has 1 rings (SSSR count). The van der Waals surface area contributed by atoms with Crippen LogP contribution in [0.1, 0.15) is 56.0 Å². The van der Waals surface area contributed by atoms with E-state index < -0.39 is 0 Å². The van der Waals surface area contributed by atoms with Gasteiger partial charge in [0, 0.05) is 7.11 Å². The molecule has 19 heavy (non-hydrogen) atoms. The lowest BCUT2D eigenvalue weighted by Gasteiger charge is -2.22. The lowest BCUT2D eigenvalue weighted by molar-refractivity contribution is 0.202. The average molecular weight is 283 g/mol. The lowest BCUT2D eigenvalue weighted by Crippen LogP contribution is -2.08. The molecule has 0 saturated heterocycles. The van der Waals surface area contributed by atoms with Gasteiger partial charge >= 0.3 is 0 Å². The molecule has 0 aliphatic heterocycles. The second-order valence-corrected chi connectivity index (χ2v) is 5.69. The Labute approximate surface area is 123 Å². The van der Waals surface area contributed by atoms with Gasteiger partial charge < -0.3 is 4.74 Å². The molecule has 1 unspecified atom stereocenters. The van der Waals surface area contributed by atoms with Gasteiger partial charge in [0.2, 0.25) is 0 Å². The van der Waals surface area contributed by atoms with Crippen LogP contribution in [-0.2, 0) is 11.2 Å². The maximum Gasteiger partial charge on any atom is 0.0613 e. The predicted molar refractivity (Wildman–Crippen MR) is 83.9 cm³/mol. The van der Waals surface area contributed by atoms with E-state index >= 15 is 0 Å². The summed E-state index contributed by atoms with van der Waals surface area (Å²) in [7, 11) is 1.74. The summed E-state index contributed by atoms with van der Waals surface area (Å²) >= 11 is 6.66. The van der Waals surface area contributed by atoms with Gasteiger partial charge in [-0.15, -0.1) is 11.6 Å². The molecule has 0 aromatic heterocycles. The molecule has 0 N–H and O–H groups in total. The van der Waals surface area contributed by atoms with Crippen LogP contribution in [0.4, 0.5) is 0 Å². The molecule has 1 nitrogen and oxygen atoms in total. The largest absolute Gasteiger partial charge is 0.384 e. The van der Waals surface area contributed by atoms with Gasteiger partial charge in [-0.2, -0.15) is 0 Å². The highest BCUT2D eigenvalue weighted by atomic mass is 35.5. The highest BCUT2D eigenvalue weighted by Gasteiger charge is 2.19. The number of methoxy groups -OCH3 is 1. The van der Waals surface area contributed by atoms with Crippen LogP contribution >= 0.6 is 11.6 Å². The van der Waals surface area contributed by atoms with E-state index in [4.69, 9.17) is 16.3 Å². The molecule has 0 aliphatic carbocycles. The number of rotatable bonds is 9. The molecular formula is C17H27ClO. The molecule has 1 atom stereocenters. The molecule has 0 heterocycles. The summed E-state index contributed by atoms with van der Waals surface area (Å²) in [5.74, 6) is 0.599. The van der Waals surface area contributed by atoms with Crippen molar-refractivity contribution in [2.45, 2.75) is 51.3 Å². The van der Waals surface area contributed by atoms with E-state index in [-0.39, 0.29) is 5.38 Å². The van der Waals surface area contributed by atoms with Crippen molar-refractivity contribution in [2.24, 2.45) is 5.92 Å². The first kappa shape index (κ1) is 16.5. The second-order valence-electron chi connectivity index (χ2n) is 5.22. The molecule has 1 aromatic carbocycles. The normalized spacial score (nSPS) is 12.9. The zero-order valence-electron chi connectivity index (χ0n) is 12.5. The Balaban J connectivity index is 2.66. The molecule has 0 fully saturated rings. The van der Waals surface area contributed by atoms with Crippen LogP contribution in [0.2, 0.25) is 0 Å². The summed E-state index contributed by atoms with van der Waals surface area (Å²) in [5.41, 5.74) is 2.58. The predicted octanol–water partition coefficient (Wildman–Crippen LogP) is 5.37. The van der Waals surface area contributed by atoms with Crippen molar-refractivity contribution >= 4 is 11.6 Å². The first-order valence-corrected chi connectivity index (χ1v) is 7.88. The van der Waals surface area contributed by atoms with Crippen molar-refractivity contribution in [1.82, 2.24) is 0 Å². The van der Waals surface area contributed by atoms with E-state index in [0.717, 1.165) is 13.0 Å². The van der Waals surface area contributed by atoms with Gasteiger partial charge in [0.15, 0.2) is 0 Å². The van der Waals surface area contributed by atoms with Crippen molar-refractivity contribution < 1.29 is 4.74 Å². The fraction of sp³-hybridized carbons (Fsp3) is 0.647. The van der Waals surface area contributed by atoms with E-state index in [9.17, 15) is 0 Å². The summed E-state index contributed by atoms with van der Waals surface area (Å²) in [6.07, 6.45) is 5.82. The summed E-state index contributed by atoms with van der Waals surface area (Å²) in [6, 6.07) is 8.72. The highest BCUT2D eigenvalue weighted by Crippen LogP contribution is 2.35. The number of halogens is 1. The molecule has 0 radical (unpaired) electrons. The van der Waals surface area contributed by atoms with Gasteiger partial charge in [-0.05, 0) is 36.3 Å². The zero-order valence-corrected chi connectivity index (χ0v) is 13.2. The third-order valence-electron chi connectivity index (χ3n) is 3.63. The van der Waals surface area contributed by atoms with Gasteiger partial charge in [0.1, 0.15) is 0 Å². The molecule has 1 aromatic rings. The summed E-state index contributed by atoms with van der Waals surface area (Å²) in [4.78, 5) is 0. The molecule has 0 saturated carbocycles. The highest BCUT2D eigenvalue weighted by molar-refractivity contribution is 6.21. The van der Waals surface area contributed by atoms with Crippen molar-refractivity contribution in [1.29, 1.82) is 0 Å². The Kier molecular flexibility index (Phi) is 8.16. The first-order valence-electron chi connectivity index (χ1n) is 7.44. The van der Waals surface area contributed by atoms with Crippen molar-refractivity contribution in [3.8, 4) is 0 Å². The minimum absolute atomic E-state index is 0.149. The van der Waals surface area contributed by atoms with Crippen molar-refractivity contribution in [2.75, 3.05) is 13.7 Å². The minimum atomic E-state index is 0.149. The monoisotopic (exact) mass is 282 g/mol. The van der Waals surface area contributed by atoms with E-state index in [1.54, 1.807) is 7.11 Å². The number of ether oxygens (including phenoxy) is 1. The smallest absolute Gasteiger partial charge is 0.0613 e. The Morgan fingerprint density at radius 1 is 1.05 bits per heavy atom. The molecular weight excluding hydrogens is 256 g/mol. The zero-order chi connectivity index (χ0) is 14.1. The average Bonchev–Trinajstić information content (AvgIpc) is 2.44. The van der Waals surface area contributed by atoms with E-state index in [1.165, 1.54) is 36.8 Å². The number of hydrogen-bond donors (Lipinski definition) is 0. The fourth-order valence-corrected chi connectivity index (χ4v) is 2.94. The van der Waals surface area contributed by atoms with Crippen LogP contribution in [0, 0.1) is 5.92 Å². The number of alkyl halides is 1. The quantitative estimate of drug-likeness (QED) is 0.553. The summed E-state index contributed by atoms with van der Waals surface area (Å²) < 4.78 is 5.10. The molecule has 0 amide bonds. The van der Waals surface area contributed by atoms with Crippen LogP contribution in [0.15, 0.2) is 24.3 Å². The van der Waals surface area contributed by atoms with Gasteiger partial charge in [-0.1, -0.05) is 51.0 Å². The molecule has 0 bridgehead atoms. The summed E-state index contributed by atoms with van der Waals surface area (Å²) in [5, 5.41) is 0.149. The topological polar surface area (TPSA) is 9.23 Å². The Hall–Kier alpha value is -0.530. The standard InChI is InChI=1S/C17H27ClO/c1-4-6-15(7-5-2)17(18)16-10-8-14(9-11-16)12-13-19-3/h8-11,15,17H,4-7,12-13H2,1-3H3. The molecule has 108 valence electrons. The maximum absolute atomic E-state index is 6.66. The van der Waals surface area contributed by atoms with Gasteiger partial charge in [-0.3, -0.25) is 0 Å². The van der Waals surface area contributed by atoms with E-state index in [2.05, 4.69) is 38.1 Å². The van der Waals surface area contributed by atoms with E-state index in [1.807, 2.05) is 0 Å². The van der Waals surface area contributed by atoms with Crippen LogP contribution in [-0.4, -0.2) is 13.7 Å². The Morgan fingerprint density at radius 3 is 2.11 bits per heavy atom. The van der Waals surface area contributed by atoms with Crippen molar-refractivity contribution in [3.05, 3.63) is 35.4 Å². The fourth-order valence-electron chi connectivity index (χ4n) is 2.54. The molecule has 0 aliphatic rings. The van der Waals surface area contributed by atoms with Gasteiger partial charge in [-0.25, -0.2) is 0 Å². The third-order valence-corrected chi connectivity index (χ3v) is 4.23. The van der Waals surface area contributed by atoms with Crippen LogP contribution in [0.25, 0.3) is 0 Å². The van der Waals surface area contributed by atoms with Crippen LogP contribution < -0.4 is 0 Å². The minimum Gasteiger partial charge on any atom is -0.384 e. The van der Waals surface area contributed by atoms with Crippen molar-refractivity contribution in [3.63, 3.8) is 0 Å². The van der Waals surface area contributed by atoms with Gasteiger partial charge in [0.25, 0.3) is 0 Å². The molecule has 2 heteroatoms. The second kappa shape index (κ2) is 9.39. The lowest BCUT2D eigenvalue weighted by atomic mass is 9.90. The van der Waals surface area contributed by atoms with Gasteiger partial charge in [0.05, 0.1) is 12.0 Å². The summed E-state index contributed by atoms with van der Waals surface area (Å²) in [6.45, 7) is 5.25. The number of hydrogen-bond acceptors (Lipinski definition) is 1. The SMILES string of the molecule is CCCC(CCC)C(Cl)c1ccc(CCOC)cc1. The number of benzene rings is 1. The maximum atomic E-state index is 6.66. The molecule has 0 spiro atoms. The van der Waals surface area contributed by atoms with Crippen LogP contribution in [0.3, 0.4) is 0 Å². The Bertz CT molecular complexity index is 328. The first-order chi connectivity index (χ1) is 9.22. The Morgan fingerprint density at radius 2 is 1.63 bits per heavy atom. The van der Waals surface area contributed by atoms with E-state index in [0.29, 0.717) is 5.92 Å². The third kappa shape index (κ3) is 5.54. The van der Waals surface area contributed by atoms with Crippen LogP contribution in [0.5, 0.6) is 0 Å².